The van der Waals surface area contributed by atoms with Crippen LogP contribution in [0.15, 0.2) is 29.9 Å². The molecule has 2 aromatic heterocycles. The first kappa shape index (κ1) is 7.31. The molecule has 0 unspecified atom stereocenters. The Hall–Kier alpha value is -1.35. The van der Waals surface area contributed by atoms with Gasteiger partial charge in [0.05, 0.1) is 0 Å². The van der Waals surface area contributed by atoms with Gasteiger partial charge in [0.1, 0.15) is 5.82 Å². The molecule has 0 saturated carbocycles. The van der Waals surface area contributed by atoms with E-state index in [2.05, 4.69) is 21.4 Å². The average Bonchev–Trinajstić information content (AvgIpc) is 2.74. The molecule has 3 heteroatoms. The van der Waals surface area contributed by atoms with Crippen LogP contribution >= 0.6 is 11.3 Å². The molecule has 0 atom stereocenters. The number of H-pyrrole nitrogens is 1. The summed E-state index contributed by atoms with van der Waals surface area (Å²) in [5.41, 5.74) is 0. The molecular formula is C9H8N2S. The zero-order valence-electron chi connectivity index (χ0n) is 6.40. The highest BCUT2D eigenvalue weighted by Gasteiger charge is 1.87. The lowest BCUT2D eigenvalue weighted by atomic mass is 10.4. The Morgan fingerprint density at radius 1 is 1.42 bits per heavy atom. The van der Waals surface area contributed by atoms with Gasteiger partial charge in [-0.05, 0) is 23.6 Å². The van der Waals surface area contributed by atoms with Crippen LogP contribution in [0.25, 0.3) is 12.2 Å². The molecule has 2 rings (SSSR count). The van der Waals surface area contributed by atoms with Crippen molar-refractivity contribution in [3.8, 4) is 0 Å². The molecule has 0 fully saturated rings. The number of nitrogens with one attached hydrogen (secondary N) is 1. The minimum absolute atomic E-state index is 0.892. The molecule has 1 N–H and O–H groups in total. The first-order valence-electron chi connectivity index (χ1n) is 3.66. The van der Waals surface area contributed by atoms with Crippen LogP contribution in [0.3, 0.4) is 0 Å². The van der Waals surface area contributed by atoms with Crippen molar-refractivity contribution in [3.63, 3.8) is 0 Å². The highest BCUT2D eigenvalue weighted by molar-refractivity contribution is 7.10. The van der Waals surface area contributed by atoms with Gasteiger partial charge in [-0.15, -0.1) is 11.3 Å². The Labute approximate surface area is 74.6 Å². The second kappa shape index (κ2) is 3.36. The van der Waals surface area contributed by atoms with Gasteiger partial charge in [0.2, 0.25) is 0 Å². The van der Waals surface area contributed by atoms with Gasteiger partial charge < -0.3 is 4.98 Å². The molecule has 2 heterocycles. The van der Waals surface area contributed by atoms with Crippen LogP contribution in [-0.4, -0.2) is 9.97 Å². The maximum atomic E-state index is 4.08. The highest BCUT2D eigenvalue weighted by atomic mass is 32.1. The summed E-state index contributed by atoms with van der Waals surface area (Å²) in [5, 5.41) is 2.06. The van der Waals surface area contributed by atoms with E-state index in [-0.39, 0.29) is 0 Å². The molecule has 0 saturated heterocycles. The van der Waals surface area contributed by atoms with Crippen molar-refractivity contribution in [3.05, 3.63) is 40.6 Å². The second-order valence-electron chi connectivity index (χ2n) is 2.32. The van der Waals surface area contributed by atoms with E-state index >= 15 is 0 Å². The lowest BCUT2D eigenvalue weighted by Gasteiger charge is -1.82. The van der Waals surface area contributed by atoms with Gasteiger partial charge in [0, 0.05) is 17.3 Å². The van der Waals surface area contributed by atoms with E-state index in [0.717, 1.165) is 5.82 Å². The molecule has 0 aliphatic carbocycles. The summed E-state index contributed by atoms with van der Waals surface area (Å²) in [6.07, 6.45) is 7.57. The van der Waals surface area contributed by atoms with Crippen LogP contribution in [-0.2, 0) is 0 Å². The molecule has 0 amide bonds. The fourth-order valence-electron chi connectivity index (χ4n) is 0.916. The van der Waals surface area contributed by atoms with Crippen LogP contribution in [0.5, 0.6) is 0 Å². The lowest BCUT2D eigenvalue weighted by Crippen LogP contribution is -1.71. The number of hydrogen-bond acceptors (Lipinski definition) is 2. The van der Waals surface area contributed by atoms with Gasteiger partial charge in [-0.3, -0.25) is 0 Å². The summed E-state index contributed by atoms with van der Waals surface area (Å²) in [5.74, 6) is 0.892. The van der Waals surface area contributed by atoms with Gasteiger partial charge in [-0.25, -0.2) is 4.98 Å². The molecule has 2 nitrogen and oxygen atoms in total. The van der Waals surface area contributed by atoms with Crippen molar-refractivity contribution in [2.24, 2.45) is 0 Å². The Kier molecular flexibility index (Phi) is 2.05. The van der Waals surface area contributed by atoms with Gasteiger partial charge in [-0.2, -0.15) is 0 Å². The number of nitrogens with zero attached hydrogens (tertiary/aromatic N) is 1. The normalized spacial score (nSPS) is 11.0. The van der Waals surface area contributed by atoms with Gasteiger partial charge >= 0.3 is 0 Å². The number of hydrogen-bond donors (Lipinski definition) is 1. The number of rotatable bonds is 2. The van der Waals surface area contributed by atoms with E-state index < -0.39 is 0 Å². The molecule has 2 aromatic rings. The summed E-state index contributed by atoms with van der Waals surface area (Å²) in [7, 11) is 0. The number of aromatic amines is 1. The fourth-order valence-corrected chi connectivity index (χ4v) is 1.53. The molecule has 0 radical (unpaired) electrons. The third kappa shape index (κ3) is 1.62. The standard InChI is InChI=1S/C9H8N2S/c1-2-8(12-7-1)3-4-9-10-5-6-11-9/h1-7H,(H,10,11)/b4-3+. The van der Waals surface area contributed by atoms with Gasteiger partial charge in [-0.1, -0.05) is 6.07 Å². The first-order chi connectivity index (χ1) is 5.95. The van der Waals surface area contributed by atoms with E-state index in [0.29, 0.717) is 0 Å². The quantitative estimate of drug-likeness (QED) is 0.748. The zero-order valence-corrected chi connectivity index (χ0v) is 7.21. The maximum absolute atomic E-state index is 4.08. The average molecular weight is 176 g/mol. The van der Waals surface area contributed by atoms with Crippen LogP contribution < -0.4 is 0 Å². The van der Waals surface area contributed by atoms with Crippen molar-refractivity contribution in [2.75, 3.05) is 0 Å². The predicted molar refractivity (Wildman–Crippen MR) is 51.8 cm³/mol. The molecule has 0 aliphatic heterocycles. The summed E-state index contributed by atoms with van der Waals surface area (Å²) >= 11 is 1.72. The topological polar surface area (TPSA) is 28.7 Å². The van der Waals surface area contributed by atoms with E-state index in [1.54, 1.807) is 17.5 Å². The van der Waals surface area contributed by atoms with Crippen LogP contribution in [0.2, 0.25) is 0 Å². The van der Waals surface area contributed by atoms with Crippen molar-refractivity contribution in [1.82, 2.24) is 9.97 Å². The Morgan fingerprint density at radius 3 is 3.08 bits per heavy atom. The molecular weight excluding hydrogens is 168 g/mol. The third-order valence-electron chi connectivity index (χ3n) is 1.47. The molecule has 0 aliphatic rings. The summed E-state index contributed by atoms with van der Waals surface area (Å²) in [6.45, 7) is 0. The fraction of sp³-hybridized carbons (Fsp3) is 0. The number of aromatic nitrogens is 2. The van der Waals surface area contributed by atoms with Crippen molar-refractivity contribution in [1.29, 1.82) is 0 Å². The second-order valence-corrected chi connectivity index (χ2v) is 3.30. The van der Waals surface area contributed by atoms with Gasteiger partial charge in [0.25, 0.3) is 0 Å². The zero-order chi connectivity index (χ0) is 8.23. The largest absolute Gasteiger partial charge is 0.345 e. The molecule has 0 aromatic carbocycles. The number of imidazole rings is 1. The Morgan fingerprint density at radius 2 is 2.42 bits per heavy atom. The molecule has 12 heavy (non-hydrogen) atoms. The van der Waals surface area contributed by atoms with Crippen LogP contribution in [0.1, 0.15) is 10.7 Å². The van der Waals surface area contributed by atoms with Crippen molar-refractivity contribution >= 4 is 23.5 Å². The van der Waals surface area contributed by atoms with Crippen LogP contribution in [0, 0.1) is 0 Å². The minimum Gasteiger partial charge on any atom is -0.345 e. The first-order valence-corrected chi connectivity index (χ1v) is 4.54. The van der Waals surface area contributed by atoms with Crippen molar-refractivity contribution in [2.45, 2.75) is 0 Å². The molecule has 60 valence electrons. The summed E-state index contributed by atoms with van der Waals surface area (Å²) in [6, 6.07) is 4.11. The summed E-state index contributed by atoms with van der Waals surface area (Å²) < 4.78 is 0. The molecule has 0 bridgehead atoms. The van der Waals surface area contributed by atoms with E-state index in [9.17, 15) is 0 Å². The monoisotopic (exact) mass is 176 g/mol. The number of thiophene rings is 1. The van der Waals surface area contributed by atoms with Crippen LogP contribution in [0.4, 0.5) is 0 Å². The lowest BCUT2D eigenvalue weighted by molar-refractivity contribution is 1.27. The highest BCUT2D eigenvalue weighted by Crippen LogP contribution is 2.11. The Balaban J connectivity index is 2.14. The summed E-state index contributed by atoms with van der Waals surface area (Å²) in [4.78, 5) is 8.33. The van der Waals surface area contributed by atoms with E-state index in [1.165, 1.54) is 4.88 Å². The smallest absolute Gasteiger partial charge is 0.129 e. The predicted octanol–water partition coefficient (Wildman–Crippen LogP) is 2.64. The van der Waals surface area contributed by atoms with Gasteiger partial charge in [0.15, 0.2) is 0 Å². The molecule has 0 spiro atoms. The van der Waals surface area contributed by atoms with Crippen molar-refractivity contribution < 1.29 is 0 Å². The third-order valence-corrected chi connectivity index (χ3v) is 2.31. The van der Waals surface area contributed by atoms with E-state index in [1.807, 2.05) is 24.4 Å². The van der Waals surface area contributed by atoms with E-state index in [4.69, 9.17) is 0 Å². The minimum atomic E-state index is 0.892. The maximum Gasteiger partial charge on any atom is 0.129 e. The Bertz CT molecular complexity index is 310. The SMILES string of the molecule is C(=C\c1cccs1)/c1ncc[nH]1.